The van der Waals surface area contributed by atoms with E-state index in [0.29, 0.717) is 22.5 Å². The smallest absolute Gasteiger partial charge is 0.267 e. The van der Waals surface area contributed by atoms with E-state index in [2.05, 4.69) is 21.6 Å². The van der Waals surface area contributed by atoms with Crippen LogP contribution in [0.2, 0.25) is 0 Å². The van der Waals surface area contributed by atoms with E-state index >= 15 is 0 Å². The van der Waals surface area contributed by atoms with Crippen LogP contribution in [-0.2, 0) is 11.3 Å². The summed E-state index contributed by atoms with van der Waals surface area (Å²) in [6.07, 6.45) is 3.64. The van der Waals surface area contributed by atoms with E-state index in [0.717, 1.165) is 22.3 Å². The number of rotatable bonds is 6. The fourth-order valence-corrected chi connectivity index (χ4v) is 4.20. The first-order valence-corrected chi connectivity index (χ1v) is 10.7. The molecule has 4 aromatic rings. The Labute approximate surface area is 194 Å². The van der Waals surface area contributed by atoms with Gasteiger partial charge in [-0.15, -0.1) is 0 Å². The molecule has 0 N–H and O–H groups in total. The van der Waals surface area contributed by atoms with Crippen molar-refractivity contribution in [3.63, 3.8) is 0 Å². The third kappa shape index (κ3) is 4.24. The van der Waals surface area contributed by atoms with E-state index in [9.17, 15) is 13.6 Å². The van der Waals surface area contributed by atoms with Crippen LogP contribution < -0.4 is 4.74 Å². The number of halogens is 2. The topological polar surface area (TPSA) is 73.1 Å². The quantitative estimate of drug-likeness (QED) is 0.389. The van der Waals surface area contributed by atoms with Crippen molar-refractivity contribution in [2.75, 3.05) is 6.54 Å². The van der Waals surface area contributed by atoms with Gasteiger partial charge in [0.05, 0.1) is 24.5 Å². The SMILES string of the molecule is C=CC(=O)N1CC(F)(F)CC1Cn1nc(-c2ccc(Oc3ccccc3)cc2)c2cncnc21. The average molecular weight is 461 g/mol. The van der Waals surface area contributed by atoms with Crippen LogP contribution in [0.3, 0.4) is 0 Å². The predicted octanol–water partition coefficient (Wildman–Crippen LogP) is 4.71. The molecule has 0 spiro atoms. The molecule has 2 aromatic heterocycles. The van der Waals surface area contributed by atoms with Gasteiger partial charge in [-0.1, -0.05) is 24.8 Å². The minimum atomic E-state index is -2.96. The lowest BCUT2D eigenvalue weighted by atomic mass is 10.1. The molecule has 1 aliphatic heterocycles. The molecule has 5 rings (SSSR count). The molecular formula is C25H21F2N5O2. The number of para-hydroxylation sites is 1. The number of carbonyl (C=O) groups is 1. The molecule has 1 amide bonds. The van der Waals surface area contributed by atoms with Gasteiger partial charge >= 0.3 is 0 Å². The largest absolute Gasteiger partial charge is 0.457 e. The number of hydrogen-bond donors (Lipinski definition) is 0. The highest BCUT2D eigenvalue weighted by molar-refractivity contribution is 5.90. The number of alkyl halides is 2. The highest BCUT2D eigenvalue weighted by Gasteiger charge is 2.46. The number of hydrogen-bond acceptors (Lipinski definition) is 5. The number of carbonyl (C=O) groups excluding carboxylic acids is 1. The second kappa shape index (κ2) is 8.66. The lowest BCUT2D eigenvalue weighted by Crippen LogP contribution is -2.37. The second-order valence-corrected chi connectivity index (χ2v) is 8.11. The van der Waals surface area contributed by atoms with Crippen LogP contribution in [0.1, 0.15) is 6.42 Å². The lowest BCUT2D eigenvalue weighted by Gasteiger charge is -2.22. The van der Waals surface area contributed by atoms with Gasteiger partial charge < -0.3 is 9.64 Å². The van der Waals surface area contributed by atoms with Crippen LogP contribution >= 0.6 is 0 Å². The summed E-state index contributed by atoms with van der Waals surface area (Å²) in [5.74, 6) is -2.09. The van der Waals surface area contributed by atoms with Gasteiger partial charge in [-0.3, -0.25) is 4.79 Å². The summed E-state index contributed by atoms with van der Waals surface area (Å²) >= 11 is 0. The van der Waals surface area contributed by atoms with Gasteiger partial charge in [0.15, 0.2) is 5.65 Å². The first-order chi connectivity index (χ1) is 16.4. The molecule has 1 fully saturated rings. The molecule has 9 heteroatoms. The number of amides is 1. The Morgan fingerprint density at radius 1 is 1.15 bits per heavy atom. The summed E-state index contributed by atoms with van der Waals surface area (Å²) in [6, 6.07) is 16.1. The molecule has 0 saturated carbocycles. The molecule has 34 heavy (non-hydrogen) atoms. The van der Waals surface area contributed by atoms with Crippen LogP contribution in [0.25, 0.3) is 22.3 Å². The van der Waals surface area contributed by atoms with Crippen molar-refractivity contribution in [3.05, 3.63) is 79.8 Å². The fourth-order valence-electron chi connectivity index (χ4n) is 4.20. The van der Waals surface area contributed by atoms with E-state index in [1.54, 1.807) is 10.9 Å². The van der Waals surface area contributed by atoms with Gasteiger partial charge in [-0.25, -0.2) is 23.4 Å². The Bertz CT molecular complexity index is 1340. The summed E-state index contributed by atoms with van der Waals surface area (Å²) < 4.78 is 35.7. The fraction of sp³-hybridized carbons (Fsp3) is 0.200. The van der Waals surface area contributed by atoms with Gasteiger partial charge in [0.1, 0.15) is 23.5 Å². The van der Waals surface area contributed by atoms with Crippen molar-refractivity contribution < 1.29 is 18.3 Å². The minimum Gasteiger partial charge on any atom is -0.457 e. The summed E-state index contributed by atoms with van der Waals surface area (Å²) in [7, 11) is 0. The van der Waals surface area contributed by atoms with Crippen molar-refractivity contribution in [3.8, 4) is 22.8 Å². The maximum Gasteiger partial charge on any atom is 0.267 e. The lowest BCUT2D eigenvalue weighted by molar-refractivity contribution is -0.128. The molecule has 2 aromatic carbocycles. The van der Waals surface area contributed by atoms with Gasteiger partial charge in [-0.05, 0) is 42.5 Å². The number of aromatic nitrogens is 4. The zero-order valence-corrected chi connectivity index (χ0v) is 18.1. The number of ether oxygens (including phenoxy) is 1. The van der Waals surface area contributed by atoms with Crippen LogP contribution in [0.4, 0.5) is 8.78 Å². The van der Waals surface area contributed by atoms with Crippen LogP contribution in [-0.4, -0.2) is 49.1 Å². The highest BCUT2D eigenvalue weighted by Crippen LogP contribution is 2.34. The average Bonchev–Trinajstić information content (AvgIpc) is 3.36. The second-order valence-electron chi connectivity index (χ2n) is 8.11. The molecule has 1 aliphatic rings. The maximum absolute atomic E-state index is 14.1. The van der Waals surface area contributed by atoms with Crippen molar-refractivity contribution >= 4 is 16.9 Å². The summed E-state index contributed by atoms with van der Waals surface area (Å²) in [6.45, 7) is 2.88. The molecule has 1 saturated heterocycles. The molecule has 7 nitrogen and oxygen atoms in total. The van der Waals surface area contributed by atoms with Gasteiger partial charge in [0.25, 0.3) is 5.92 Å². The Balaban J connectivity index is 1.45. The van der Waals surface area contributed by atoms with E-state index in [-0.39, 0.29) is 6.54 Å². The van der Waals surface area contributed by atoms with Gasteiger partial charge in [-0.2, -0.15) is 5.10 Å². The van der Waals surface area contributed by atoms with E-state index < -0.39 is 30.8 Å². The first-order valence-electron chi connectivity index (χ1n) is 10.7. The van der Waals surface area contributed by atoms with Crippen LogP contribution in [0, 0.1) is 0 Å². The molecule has 1 unspecified atom stereocenters. The maximum atomic E-state index is 14.1. The third-order valence-electron chi connectivity index (χ3n) is 5.74. The molecule has 172 valence electrons. The Hall–Kier alpha value is -4.14. The number of nitrogens with zero attached hydrogens (tertiary/aromatic N) is 5. The number of benzene rings is 2. The van der Waals surface area contributed by atoms with E-state index in [1.807, 2.05) is 54.6 Å². The predicted molar refractivity (Wildman–Crippen MR) is 123 cm³/mol. The molecule has 1 atom stereocenters. The van der Waals surface area contributed by atoms with Crippen molar-refractivity contribution in [1.29, 1.82) is 0 Å². The minimum absolute atomic E-state index is 0.0812. The van der Waals surface area contributed by atoms with Gasteiger partial charge in [0.2, 0.25) is 5.91 Å². The summed E-state index contributed by atoms with van der Waals surface area (Å²) in [4.78, 5) is 21.7. The Morgan fingerprint density at radius 3 is 2.62 bits per heavy atom. The zero-order chi connectivity index (χ0) is 23.7. The number of fused-ring (bicyclic) bond motifs is 1. The monoisotopic (exact) mass is 461 g/mol. The molecule has 3 heterocycles. The Morgan fingerprint density at radius 2 is 1.88 bits per heavy atom. The molecule has 0 radical (unpaired) electrons. The van der Waals surface area contributed by atoms with E-state index in [4.69, 9.17) is 4.74 Å². The van der Waals surface area contributed by atoms with Crippen molar-refractivity contribution in [2.45, 2.75) is 24.9 Å². The number of likely N-dealkylation sites (tertiary alicyclic amines) is 1. The van der Waals surface area contributed by atoms with Crippen LogP contribution in [0.15, 0.2) is 79.8 Å². The molecule has 0 bridgehead atoms. The zero-order valence-electron chi connectivity index (χ0n) is 18.1. The highest BCUT2D eigenvalue weighted by atomic mass is 19.3. The Kier molecular flexibility index (Phi) is 5.53. The first kappa shape index (κ1) is 21.7. The summed E-state index contributed by atoms with van der Waals surface area (Å²) in [5, 5.41) is 5.35. The van der Waals surface area contributed by atoms with Crippen molar-refractivity contribution in [2.24, 2.45) is 0 Å². The van der Waals surface area contributed by atoms with Crippen LogP contribution in [0.5, 0.6) is 11.5 Å². The molecular weight excluding hydrogens is 440 g/mol. The van der Waals surface area contributed by atoms with E-state index in [1.165, 1.54) is 6.33 Å². The normalized spacial score (nSPS) is 17.1. The third-order valence-corrected chi connectivity index (χ3v) is 5.74. The molecule has 0 aliphatic carbocycles. The van der Waals surface area contributed by atoms with Gasteiger partial charge in [0, 0.05) is 18.2 Å². The standard InChI is InChI=1S/C25H21F2N5O2/c1-2-22(33)31-15-25(26,27)12-18(31)14-32-24-21(13-28-16-29-24)23(30-32)17-8-10-20(11-9-17)34-19-6-4-3-5-7-19/h2-11,13,16,18H,1,12,14-15H2. The van der Waals surface area contributed by atoms with Crippen molar-refractivity contribution in [1.82, 2.24) is 24.6 Å². The summed E-state index contributed by atoms with van der Waals surface area (Å²) in [5.41, 5.74) is 1.93.